The minimum atomic E-state index is 0.0612. The van der Waals surface area contributed by atoms with Crippen molar-refractivity contribution in [3.8, 4) is 5.75 Å². The van der Waals surface area contributed by atoms with Crippen LogP contribution in [0.2, 0.25) is 0 Å². The molecule has 0 aliphatic heterocycles. The number of rotatable bonds is 11. The fourth-order valence-corrected chi connectivity index (χ4v) is 3.38. The first kappa shape index (κ1) is 21.2. The Morgan fingerprint density at radius 3 is 2.37 bits per heavy atom. The zero-order chi connectivity index (χ0) is 19.5. The topological polar surface area (TPSA) is 29.5 Å². The van der Waals surface area contributed by atoms with Crippen molar-refractivity contribution < 1.29 is 9.84 Å². The highest BCUT2D eigenvalue weighted by Crippen LogP contribution is 2.23. The lowest BCUT2D eigenvalue weighted by Crippen LogP contribution is -1.97. The van der Waals surface area contributed by atoms with Crippen molar-refractivity contribution in [2.24, 2.45) is 5.92 Å². The van der Waals surface area contributed by atoms with E-state index < -0.39 is 0 Å². The minimum Gasteiger partial charge on any atom is -0.489 e. The predicted molar refractivity (Wildman–Crippen MR) is 115 cm³/mol. The van der Waals surface area contributed by atoms with E-state index in [0.717, 1.165) is 30.1 Å². The lowest BCUT2D eigenvalue weighted by Gasteiger charge is -2.12. The summed E-state index contributed by atoms with van der Waals surface area (Å²) in [6.45, 7) is 7.43. The van der Waals surface area contributed by atoms with E-state index >= 15 is 0 Å². The third-order valence-corrected chi connectivity index (χ3v) is 5.31. The Labute approximate surface area is 164 Å². The van der Waals surface area contributed by atoms with Gasteiger partial charge in [0.25, 0.3) is 0 Å². The summed E-state index contributed by atoms with van der Waals surface area (Å²) in [5.74, 6) is 1.67. The van der Waals surface area contributed by atoms with Crippen molar-refractivity contribution in [1.29, 1.82) is 0 Å². The third-order valence-electron chi connectivity index (χ3n) is 5.31. The van der Waals surface area contributed by atoms with E-state index in [1.54, 1.807) is 0 Å². The van der Waals surface area contributed by atoms with Crippen molar-refractivity contribution in [3.63, 3.8) is 0 Å². The van der Waals surface area contributed by atoms with E-state index in [9.17, 15) is 0 Å². The van der Waals surface area contributed by atoms with Crippen molar-refractivity contribution in [2.45, 2.75) is 66.1 Å². The van der Waals surface area contributed by atoms with Crippen LogP contribution in [0.25, 0.3) is 5.57 Å². The van der Waals surface area contributed by atoms with Crippen LogP contribution in [0, 0.1) is 5.92 Å². The Morgan fingerprint density at radius 1 is 1.00 bits per heavy atom. The maximum Gasteiger partial charge on any atom is 0.119 e. The van der Waals surface area contributed by atoms with Gasteiger partial charge in [-0.25, -0.2) is 0 Å². The lowest BCUT2D eigenvalue weighted by atomic mass is 9.95. The van der Waals surface area contributed by atoms with Gasteiger partial charge in [-0.3, -0.25) is 0 Å². The molecular weight excluding hydrogens is 332 g/mol. The summed E-state index contributed by atoms with van der Waals surface area (Å²) >= 11 is 0. The van der Waals surface area contributed by atoms with Gasteiger partial charge in [-0.15, -0.1) is 0 Å². The van der Waals surface area contributed by atoms with E-state index in [0.29, 0.717) is 6.61 Å². The van der Waals surface area contributed by atoms with Crippen LogP contribution in [-0.4, -0.2) is 5.11 Å². The summed E-state index contributed by atoms with van der Waals surface area (Å²) in [4.78, 5) is 0. The largest absolute Gasteiger partial charge is 0.489 e. The molecule has 27 heavy (non-hydrogen) atoms. The Kier molecular flexibility index (Phi) is 9.13. The molecule has 0 heterocycles. The highest BCUT2D eigenvalue weighted by atomic mass is 16.5. The van der Waals surface area contributed by atoms with Gasteiger partial charge in [0, 0.05) is 0 Å². The molecule has 0 bridgehead atoms. The molecule has 2 heteroatoms. The average molecular weight is 367 g/mol. The molecule has 0 aliphatic rings. The van der Waals surface area contributed by atoms with Gasteiger partial charge >= 0.3 is 0 Å². The Hall–Kier alpha value is -2.06. The van der Waals surface area contributed by atoms with Crippen LogP contribution < -0.4 is 4.74 Å². The normalized spacial score (nSPS) is 11.8. The lowest BCUT2D eigenvalue weighted by molar-refractivity contribution is 0.280. The quantitative estimate of drug-likeness (QED) is 0.475. The zero-order valence-corrected chi connectivity index (χ0v) is 17.1. The van der Waals surface area contributed by atoms with Gasteiger partial charge in [0.05, 0.1) is 6.61 Å². The molecule has 0 amide bonds. The number of aliphatic hydroxyl groups is 1. The molecule has 1 N–H and O–H groups in total. The molecule has 146 valence electrons. The van der Waals surface area contributed by atoms with Crippen molar-refractivity contribution in [2.75, 3.05) is 0 Å². The fourth-order valence-electron chi connectivity index (χ4n) is 3.38. The molecule has 2 rings (SSSR count). The first-order chi connectivity index (χ1) is 13.2. The van der Waals surface area contributed by atoms with Crippen LogP contribution in [0.15, 0.2) is 54.6 Å². The predicted octanol–water partition coefficient (Wildman–Crippen LogP) is 6.77. The van der Waals surface area contributed by atoms with E-state index in [-0.39, 0.29) is 6.61 Å². The smallest absolute Gasteiger partial charge is 0.119 e. The highest BCUT2D eigenvalue weighted by molar-refractivity contribution is 5.65. The van der Waals surface area contributed by atoms with E-state index in [1.165, 1.54) is 36.0 Å². The van der Waals surface area contributed by atoms with Crippen LogP contribution in [0.3, 0.4) is 0 Å². The molecular formula is C25H34O2. The van der Waals surface area contributed by atoms with Crippen LogP contribution in [0.1, 0.15) is 69.6 Å². The second kappa shape index (κ2) is 11.6. The summed E-state index contributed by atoms with van der Waals surface area (Å²) in [5, 5.41) is 9.12. The molecule has 2 aromatic carbocycles. The van der Waals surface area contributed by atoms with Gasteiger partial charge in [-0.1, -0.05) is 70.0 Å². The van der Waals surface area contributed by atoms with Gasteiger partial charge in [0.15, 0.2) is 0 Å². The maximum absolute atomic E-state index is 9.12. The molecule has 0 aromatic heterocycles. The van der Waals surface area contributed by atoms with Gasteiger partial charge in [0.1, 0.15) is 12.4 Å². The van der Waals surface area contributed by atoms with Gasteiger partial charge in [0.2, 0.25) is 0 Å². The van der Waals surface area contributed by atoms with E-state index in [4.69, 9.17) is 9.84 Å². The second-order valence-electron chi connectivity index (χ2n) is 7.13. The number of aliphatic hydroxyl groups excluding tert-OH is 1. The standard InChI is InChI=1S/C25H34O2/c1-4-20(5-2)9-7-11-23(6-3)24-12-8-10-22(17-24)19-27-25-15-13-21(18-26)14-16-25/h8,10-17,20,26H,4-7,9,18-19H2,1-3H3/b23-11+. The Morgan fingerprint density at radius 2 is 1.74 bits per heavy atom. The molecule has 0 atom stereocenters. The number of hydrogen-bond acceptors (Lipinski definition) is 2. The van der Waals surface area contributed by atoms with Crippen LogP contribution in [-0.2, 0) is 13.2 Å². The Bertz CT molecular complexity index is 697. The van der Waals surface area contributed by atoms with Crippen LogP contribution in [0.4, 0.5) is 0 Å². The number of ether oxygens (including phenoxy) is 1. The van der Waals surface area contributed by atoms with Gasteiger partial charge in [-0.05, 0) is 65.6 Å². The monoisotopic (exact) mass is 366 g/mol. The van der Waals surface area contributed by atoms with Crippen molar-refractivity contribution in [1.82, 2.24) is 0 Å². The second-order valence-corrected chi connectivity index (χ2v) is 7.13. The molecule has 0 fully saturated rings. The average Bonchev–Trinajstić information content (AvgIpc) is 2.73. The molecule has 2 nitrogen and oxygen atoms in total. The summed E-state index contributed by atoms with van der Waals surface area (Å²) in [6, 6.07) is 16.3. The molecule has 0 spiro atoms. The molecule has 0 saturated carbocycles. The van der Waals surface area contributed by atoms with Crippen LogP contribution >= 0.6 is 0 Å². The van der Waals surface area contributed by atoms with Gasteiger partial charge in [-0.2, -0.15) is 0 Å². The fraction of sp³-hybridized carbons (Fsp3) is 0.440. The minimum absolute atomic E-state index is 0.0612. The maximum atomic E-state index is 9.12. The van der Waals surface area contributed by atoms with Gasteiger partial charge < -0.3 is 9.84 Å². The zero-order valence-electron chi connectivity index (χ0n) is 17.1. The molecule has 0 saturated heterocycles. The highest BCUT2D eigenvalue weighted by Gasteiger charge is 2.05. The summed E-state index contributed by atoms with van der Waals surface area (Å²) in [5.41, 5.74) is 4.81. The first-order valence-corrected chi connectivity index (χ1v) is 10.3. The molecule has 0 unspecified atom stereocenters. The summed E-state index contributed by atoms with van der Waals surface area (Å²) in [6.07, 6.45) is 8.47. The molecule has 0 aliphatic carbocycles. The SMILES string of the molecule is CC/C(=C\CCC(CC)CC)c1cccc(COc2ccc(CO)cc2)c1. The van der Waals surface area contributed by atoms with Crippen molar-refractivity contribution in [3.05, 3.63) is 71.3 Å². The van der Waals surface area contributed by atoms with E-state index in [2.05, 4.69) is 51.1 Å². The molecule has 2 aromatic rings. The number of allylic oxidation sites excluding steroid dienone is 2. The Balaban J connectivity index is 1.99. The molecule has 0 radical (unpaired) electrons. The number of benzene rings is 2. The number of hydrogen-bond donors (Lipinski definition) is 1. The van der Waals surface area contributed by atoms with Crippen molar-refractivity contribution >= 4 is 5.57 Å². The van der Waals surface area contributed by atoms with Crippen LogP contribution in [0.5, 0.6) is 5.75 Å². The summed E-state index contributed by atoms with van der Waals surface area (Å²) in [7, 11) is 0. The first-order valence-electron chi connectivity index (χ1n) is 10.3. The van der Waals surface area contributed by atoms with E-state index in [1.807, 2.05) is 24.3 Å². The summed E-state index contributed by atoms with van der Waals surface area (Å²) < 4.78 is 5.90. The third kappa shape index (κ3) is 6.88.